The smallest absolute Gasteiger partial charge is 0.126 e. The molecule has 2 aromatic heterocycles. The Labute approximate surface area is 99.9 Å². The Hall–Kier alpha value is -1.69. The van der Waals surface area contributed by atoms with Gasteiger partial charge in [0, 0.05) is 24.8 Å². The lowest BCUT2D eigenvalue weighted by Gasteiger charge is -2.11. The first-order chi connectivity index (χ1) is 8.15. The molecule has 0 aliphatic carbocycles. The summed E-state index contributed by atoms with van der Waals surface area (Å²) in [6, 6.07) is 0. The maximum absolute atomic E-state index is 10.3. The number of rotatable bonds is 4. The highest BCUT2D eigenvalue weighted by atomic mass is 16.3. The molecule has 1 unspecified atom stereocenters. The maximum atomic E-state index is 10.3. The average Bonchev–Trinajstić information content (AvgIpc) is 2.88. The van der Waals surface area contributed by atoms with Crippen molar-refractivity contribution in [1.82, 2.24) is 24.8 Å². The SMILES string of the molecule is CCCn1nncc1C(O)c1cnn(C)c1C. The number of aryl methyl sites for hydroxylation is 2. The Morgan fingerprint density at radius 3 is 2.76 bits per heavy atom. The third-order valence-corrected chi connectivity index (χ3v) is 2.93. The molecule has 17 heavy (non-hydrogen) atoms. The fourth-order valence-corrected chi connectivity index (χ4v) is 1.81. The lowest BCUT2D eigenvalue weighted by molar-refractivity contribution is 0.206. The summed E-state index contributed by atoms with van der Waals surface area (Å²) in [6.07, 6.45) is 3.52. The van der Waals surface area contributed by atoms with E-state index in [4.69, 9.17) is 0 Å². The van der Waals surface area contributed by atoms with Crippen molar-refractivity contribution in [3.63, 3.8) is 0 Å². The van der Waals surface area contributed by atoms with Crippen molar-refractivity contribution in [2.24, 2.45) is 7.05 Å². The van der Waals surface area contributed by atoms with Gasteiger partial charge in [0.1, 0.15) is 6.10 Å². The molecule has 0 bridgehead atoms. The second-order valence-electron chi connectivity index (χ2n) is 4.09. The summed E-state index contributed by atoms with van der Waals surface area (Å²) in [7, 11) is 1.85. The van der Waals surface area contributed by atoms with Crippen LogP contribution in [0.25, 0.3) is 0 Å². The molecule has 6 nitrogen and oxygen atoms in total. The molecule has 2 aromatic rings. The fourth-order valence-electron chi connectivity index (χ4n) is 1.81. The molecule has 0 fully saturated rings. The molecular weight excluding hydrogens is 218 g/mol. The standard InChI is InChI=1S/C11H17N5O/c1-4-5-16-10(7-12-14-16)11(17)9-6-13-15(3)8(9)2/h6-7,11,17H,4-5H2,1-3H3. The maximum Gasteiger partial charge on any atom is 0.126 e. The summed E-state index contributed by atoms with van der Waals surface area (Å²) in [5.41, 5.74) is 2.46. The van der Waals surface area contributed by atoms with E-state index in [1.54, 1.807) is 21.8 Å². The van der Waals surface area contributed by atoms with Gasteiger partial charge in [0.15, 0.2) is 0 Å². The van der Waals surface area contributed by atoms with Crippen LogP contribution in [0.3, 0.4) is 0 Å². The zero-order valence-electron chi connectivity index (χ0n) is 10.3. The first-order valence-corrected chi connectivity index (χ1v) is 5.70. The lowest BCUT2D eigenvalue weighted by Crippen LogP contribution is -2.10. The van der Waals surface area contributed by atoms with Crippen LogP contribution in [0.4, 0.5) is 0 Å². The Morgan fingerprint density at radius 1 is 1.41 bits per heavy atom. The third-order valence-electron chi connectivity index (χ3n) is 2.93. The molecular formula is C11H17N5O. The summed E-state index contributed by atoms with van der Waals surface area (Å²) in [4.78, 5) is 0. The highest BCUT2D eigenvalue weighted by molar-refractivity contribution is 5.25. The van der Waals surface area contributed by atoms with E-state index in [2.05, 4.69) is 22.3 Å². The van der Waals surface area contributed by atoms with E-state index in [1.165, 1.54) is 0 Å². The van der Waals surface area contributed by atoms with Gasteiger partial charge < -0.3 is 5.11 Å². The van der Waals surface area contributed by atoms with Crippen LogP contribution in [-0.2, 0) is 13.6 Å². The van der Waals surface area contributed by atoms with E-state index in [-0.39, 0.29) is 0 Å². The second-order valence-corrected chi connectivity index (χ2v) is 4.09. The molecule has 0 saturated carbocycles. The summed E-state index contributed by atoms with van der Waals surface area (Å²) in [5, 5.41) is 22.3. The molecule has 0 spiro atoms. The van der Waals surface area contributed by atoms with Crippen LogP contribution in [0.15, 0.2) is 12.4 Å². The van der Waals surface area contributed by atoms with Gasteiger partial charge in [0.25, 0.3) is 0 Å². The zero-order chi connectivity index (χ0) is 12.4. The number of hydrogen-bond acceptors (Lipinski definition) is 4. The molecule has 1 N–H and O–H groups in total. The zero-order valence-corrected chi connectivity index (χ0v) is 10.3. The van der Waals surface area contributed by atoms with Crippen molar-refractivity contribution in [2.75, 3.05) is 0 Å². The van der Waals surface area contributed by atoms with Gasteiger partial charge in [-0.15, -0.1) is 5.10 Å². The second kappa shape index (κ2) is 4.67. The predicted molar refractivity (Wildman–Crippen MR) is 62.3 cm³/mol. The lowest BCUT2D eigenvalue weighted by atomic mass is 10.1. The Balaban J connectivity index is 2.33. The van der Waals surface area contributed by atoms with Crippen molar-refractivity contribution >= 4 is 0 Å². The van der Waals surface area contributed by atoms with Gasteiger partial charge in [-0.25, -0.2) is 4.68 Å². The minimum Gasteiger partial charge on any atom is -0.382 e. The summed E-state index contributed by atoms with van der Waals surface area (Å²) < 4.78 is 3.48. The van der Waals surface area contributed by atoms with Crippen LogP contribution in [0.5, 0.6) is 0 Å². The minimum atomic E-state index is -0.717. The number of hydrogen-bond donors (Lipinski definition) is 1. The van der Waals surface area contributed by atoms with Crippen LogP contribution in [0, 0.1) is 6.92 Å². The molecule has 0 aromatic carbocycles. The van der Waals surface area contributed by atoms with Crippen LogP contribution < -0.4 is 0 Å². The van der Waals surface area contributed by atoms with E-state index < -0.39 is 6.10 Å². The van der Waals surface area contributed by atoms with Gasteiger partial charge in [0.05, 0.1) is 18.1 Å². The molecule has 0 saturated heterocycles. The molecule has 2 heterocycles. The van der Waals surface area contributed by atoms with Crippen molar-refractivity contribution in [3.05, 3.63) is 29.3 Å². The Bertz CT molecular complexity index is 502. The highest BCUT2D eigenvalue weighted by Crippen LogP contribution is 2.23. The molecule has 92 valence electrons. The largest absolute Gasteiger partial charge is 0.382 e. The number of aliphatic hydroxyl groups excluding tert-OH is 1. The van der Waals surface area contributed by atoms with E-state index in [9.17, 15) is 5.11 Å². The van der Waals surface area contributed by atoms with Crippen molar-refractivity contribution in [2.45, 2.75) is 32.9 Å². The van der Waals surface area contributed by atoms with E-state index in [1.807, 2.05) is 14.0 Å². The molecule has 0 aliphatic heterocycles. The Kier molecular flexibility index (Phi) is 3.23. The minimum absolute atomic E-state index is 0.711. The third kappa shape index (κ3) is 2.08. The molecule has 1 atom stereocenters. The topological polar surface area (TPSA) is 68.8 Å². The average molecular weight is 235 g/mol. The molecule has 6 heteroatoms. The summed E-state index contributed by atoms with van der Waals surface area (Å²) in [6.45, 7) is 4.75. The van der Waals surface area contributed by atoms with E-state index in [0.29, 0.717) is 5.69 Å². The fraction of sp³-hybridized carbons (Fsp3) is 0.545. The van der Waals surface area contributed by atoms with Gasteiger partial charge in [-0.1, -0.05) is 12.1 Å². The first-order valence-electron chi connectivity index (χ1n) is 5.70. The summed E-state index contributed by atoms with van der Waals surface area (Å²) in [5.74, 6) is 0. The molecule has 0 amide bonds. The molecule has 2 rings (SSSR count). The first kappa shape index (κ1) is 11.8. The predicted octanol–water partition coefficient (Wildman–Crippen LogP) is 0.812. The van der Waals surface area contributed by atoms with Gasteiger partial charge >= 0.3 is 0 Å². The van der Waals surface area contributed by atoms with Gasteiger partial charge in [-0.2, -0.15) is 5.10 Å². The number of nitrogens with zero attached hydrogens (tertiary/aromatic N) is 5. The van der Waals surface area contributed by atoms with Crippen molar-refractivity contribution in [1.29, 1.82) is 0 Å². The number of aromatic nitrogens is 5. The van der Waals surface area contributed by atoms with Crippen molar-refractivity contribution in [3.8, 4) is 0 Å². The van der Waals surface area contributed by atoms with Crippen LogP contribution in [0.1, 0.15) is 36.4 Å². The molecule has 0 aliphatic rings. The highest BCUT2D eigenvalue weighted by Gasteiger charge is 2.20. The Morgan fingerprint density at radius 2 is 2.18 bits per heavy atom. The van der Waals surface area contributed by atoms with Crippen LogP contribution >= 0.6 is 0 Å². The monoisotopic (exact) mass is 235 g/mol. The molecule has 0 radical (unpaired) electrons. The van der Waals surface area contributed by atoms with Gasteiger partial charge in [-0.3, -0.25) is 4.68 Å². The summed E-state index contributed by atoms with van der Waals surface area (Å²) >= 11 is 0. The van der Waals surface area contributed by atoms with Gasteiger partial charge in [0.2, 0.25) is 0 Å². The van der Waals surface area contributed by atoms with E-state index >= 15 is 0 Å². The van der Waals surface area contributed by atoms with Crippen LogP contribution in [-0.4, -0.2) is 29.9 Å². The van der Waals surface area contributed by atoms with Crippen LogP contribution in [0.2, 0.25) is 0 Å². The number of aliphatic hydroxyl groups is 1. The quantitative estimate of drug-likeness (QED) is 0.851. The van der Waals surface area contributed by atoms with Crippen molar-refractivity contribution < 1.29 is 5.11 Å². The van der Waals surface area contributed by atoms with Gasteiger partial charge in [-0.05, 0) is 13.3 Å². The van der Waals surface area contributed by atoms with E-state index in [0.717, 1.165) is 24.2 Å². The normalized spacial score (nSPS) is 12.9.